The highest BCUT2D eigenvalue weighted by molar-refractivity contribution is 5.50. The van der Waals surface area contributed by atoms with Crippen LogP contribution in [-0.2, 0) is 0 Å². The molecular weight excluding hydrogens is 298 g/mol. The van der Waals surface area contributed by atoms with E-state index in [1.165, 1.54) is 19.3 Å². The second kappa shape index (κ2) is 12.1. The molecule has 0 spiro atoms. The quantitative estimate of drug-likeness (QED) is 0.346. The Morgan fingerprint density at radius 3 is 2.67 bits per heavy atom. The van der Waals surface area contributed by atoms with Gasteiger partial charge in [-0.3, -0.25) is 0 Å². The third-order valence-corrected chi connectivity index (χ3v) is 3.47. The Balaban J connectivity index is 2.38. The van der Waals surface area contributed by atoms with Crippen LogP contribution in [0.2, 0.25) is 0 Å². The molecule has 1 aromatic rings. The van der Waals surface area contributed by atoms with Crippen molar-refractivity contribution < 1.29 is 5.32 Å². The number of rotatable bonds is 12. The van der Waals surface area contributed by atoms with Gasteiger partial charge in [0.25, 0.3) is 0 Å². The molecule has 0 amide bonds. The summed E-state index contributed by atoms with van der Waals surface area (Å²) in [4.78, 5) is 1.83. The maximum atomic E-state index is 4.21. The van der Waals surface area contributed by atoms with Gasteiger partial charge in [0.15, 0.2) is 0 Å². The number of unbranched alkanes of at least 4 members (excludes halogenated alkanes) is 3. The van der Waals surface area contributed by atoms with E-state index >= 15 is 0 Å². The summed E-state index contributed by atoms with van der Waals surface area (Å²) >= 11 is 0. The van der Waals surface area contributed by atoms with E-state index < -0.39 is 0 Å². The minimum atomic E-state index is 0.592. The van der Waals surface area contributed by atoms with Gasteiger partial charge in [-0.1, -0.05) is 19.1 Å². The van der Waals surface area contributed by atoms with Crippen LogP contribution < -0.4 is 10.6 Å². The van der Waals surface area contributed by atoms with Gasteiger partial charge in [-0.15, -0.1) is 16.8 Å². The Kier molecular flexibility index (Phi) is 9.88. The monoisotopic (exact) mass is 328 g/mol. The molecule has 0 bridgehead atoms. The molecule has 5 nitrogen and oxygen atoms in total. The maximum absolute atomic E-state index is 4.21. The molecule has 0 radical (unpaired) electrons. The van der Waals surface area contributed by atoms with E-state index in [1.807, 2.05) is 67.1 Å². The van der Waals surface area contributed by atoms with Crippen molar-refractivity contribution in [2.75, 3.05) is 26.0 Å². The lowest BCUT2D eigenvalue weighted by Gasteiger charge is -2.10. The van der Waals surface area contributed by atoms with E-state index in [1.54, 1.807) is 0 Å². The molecule has 0 unspecified atom stereocenters. The van der Waals surface area contributed by atoms with Gasteiger partial charge in [0.1, 0.15) is 12.0 Å². The summed E-state index contributed by atoms with van der Waals surface area (Å²) in [5.74, 6) is 0.592. The molecule has 1 rings (SSSR count). The number of benzene rings is 1. The van der Waals surface area contributed by atoms with Crippen LogP contribution in [0.5, 0.6) is 0 Å². The SMILES string of the molecule is C=CCCCCCNc1ccc(N=NC(=C)N(C)/C=C\[NH2+]C)cc1. The molecule has 0 saturated heterocycles. The van der Waals surface area contributed by atoms with Gasteiger partial charge in [0.05, 0.1) is 18.9 Å². The summed E-state index contributed by atoms with van der Waals surface area (Å²) in [6, 6.07) is 7.95. The van der Waals surface area contributed by atoms with Gasteiger partial charge < -0.3 is 15.5 Å². The number of hydrogen-bond acceptors (Lipinski definition) is 4. The van der Waals surface area contributed by atoms with E-state index in [0.717, 1.165) is 24.3 Å². The summed E-state index contributed by atoms with van der Waals surface area (Å²) in [5, 5.41) is 13.7. The van der Waals surface area contributed by atoms with Gasteiger partial charge in [0.2, 0.25) is 0 Å². The predicted molar refractivity (Wildman–Crippen MR) is 102 cm³/mol. The zero-order valence-electron chi connectivity index (χ0n) is 14.9. The number of nitrogens with one attached hydrogen (secondary N) is 1. The first-order valence-corrected chi connectivity index (χ1v) is 8.42. The fraction of sp³-hybridized carbons (Fsp3) is 0.368. The summed E-state index contributed by atoms with van der Waals surface area (Å²) in [6.45, 7) is 8.62. The van der Waals surface area contributed by atoms with Crippen LogP contribution in [-0.4, -0.2) is 25.5 Å². The first-order valence-electron chi connectivity index (χ1n) is 8.42. The van der Waals surface area contributed by atoms with Crippen molar-refractivity contribution in [3.8, 4) is 0 Å². The second-order valence-electron chi connectivity index (χ2n) is 5.51. The fourth-order valence-corrected chi connectivity index (χ4v) is 1.96. The Labute approximate surface area is 145 Å². The molecule has 0 saturated carbocycles. The summed E-state index contributed by atoms with van der Waals surface area (Å²) in [6.07, 6.45) is 10.5. The zero-order valence-corrected chi connectivity index (χ0v) is 14.9. The van der Waals surface area contributed by atoms with Gasteiger partial charge in [0, 0.05) is 19.3 Å². The Morgan fingerprint density at radius 2 is 2.00 bits per heavy atom. The average Bonchev–Trinajstić information content (AvgIpc) is 2.61. The molecule has 3 N–H and O–H groups in total. The van der Waals surface area contributed by atoms with Crippen molar-refractivity contribution in [3.05, 3.63) is 61.7 Å². The van der Waals surface area contributed by atoms with Crippen molar-refractivity contribution in [2.24, 2.45) is 10.2 Å². The highest BCUT2D eigenvalue weighted by Crippen LogP contribution is 2.18. The molecule has 5 heteroatoms. The van der Waals surface area contributed by atoms with Gasteiger partial charge in [-0.05, 0) is 43.5 Å². The topological polar surface area (TPSA) is 56.6 Å². The Hall–Kier alpha value is -2.40. The van der Waals surface area contributed by atoms with E-state index in [-0.39, 0.29) is 0 Å². The molecular formula is C19H30N5+. The van der Waals surface area contributed by atoms with E-state index in [2.05, 4.69) is 28.7 Å². The average molecular weight is 328 g/mol. The van der Waals surface area contributed by atoms with Crippen LogP contribution in [0.25, 0.3) is 0 Å². The second-order valence-corrected chi connectivity index (χ2v) is 5.51. The maximum Gasteiger partial charge on any atom is 0.147 e. The van der Waals surface area contributed by atoms with Crippen LogP contribution >= 0.6 is 0 Å². The molecule has 0 aliphatic heterocycles. The number of azo groups is 1. The molecule has 1 aromatic carbocycles. The summed E-state index contributed by atoms with van der Waals surface area (Å²) < 4.78 is 0. The number of nitrogens with two attached hydrogens (primary N) is 1. The van der Waals surface area contributed by atoms with Crippen molar-refractivity contribution in [3.63, 3.8) is 0 Å². The summed E-state index contributed by atoms with van der Waals surface area (Å²) in [7, 11) is 3.86. The number of allylic oxidation sites excluding steroid dienone is 1. The fourth-order valence-electron chi connectivity index (χ4n) is 1.96. The van der Waals surface area contributed by atoms with Crippen molar-refractivity contribution in [1.29, 1.82) is 0 Å². The van der Waals surface area contributed by atoms with Crippen LogP contribution in [0, 0.1) is 0 Å². The highest BCUT2D eigenvalue weighted by Gasteiger charge is 1.97. The molecule has 0 heterocycles. The molecule has 24 heavy (non-hydrogen) atoms. The number of hydrogen-bond donors (Lipinski definition) is 2. The zero-order chi connectivity index (χ0) is 17.6. The third-order valence-electron chi connectivity index (χ3n) is 3.47. The lowest BCUT2D eigenvalue weighted by atomic mass is 10.2. The van der Waals surface area contributed by atoms with Crippen molar-refractivity contribution >= 4 is 11.4 Å². The predicted octanol–water partition coefficient (Wildman–Crippen LogP) is 4.00. The molecule has 0 aliphatic carbocycles. The number of quaternary nitrogens is 1. The summed E-state index contributed by atoms with van der Waals surface area (Å²) in [5.41, 5.74) is 1.92. The lowest BCUT2D eigenvalue weighted by Crippen LogP contribution is -2.72. The lowest BCUT2D eigenvalue weighted by molar-refractivity contribution is -0.557. The van der Waals surface area contributed by atoms with Gasteiger partial charge >= 0.3 is 0 Å². The number of nitrogens with zero attached hydrogens (tertiary/aromatic N) is 3. The normalized spacial score (nSPS) is 11.1. The van der Waals surface area contributed by atoms with E-state index in [4.69, 9.17) is 0 Å². The minimum absolute atomic E-state index is 0.592. The van der Waals surface area contributed by atoms with Crippen molar-refractivity contribution in [1.82, 2.24) is 4.90 Å². The van der Waals surface area contributed by atoms with Crippen LogP contribution in [0.3, 0.4) is 0 Å². The minimum Gasteiger partial charge on any atom is -0.385 e. The van der Waals surface area contributed by atoms with Crippen molar-refractivity contribution in [2.45, 2.75) is 25.7 Å². The smallest absolute Gasteiger partial charge is 0.147 e. The molecule has 130 valence electrons. The molecule has 0 fully saturated rings. The van der Waals surface area contributed by atoms with Crippen LogP contribution in [0.15, 0.2) is 71.9 Å². The van der Waals surface area contributed by atoms with Gasteiger partial charge in [-0.2, -0.15) is 0 Å². The Bertz CT molecular complexity index is 545. The molecule has 0 aromatic heterocycles. The first-order chi connectivity index (χ1) is 11.7. The number of anilines is 1. The first kappa shape index (κ1) is 19.6. The third kappa shape index (κ3) is 8.29. The van der Waals surface area contributed by atoms with E-state index in [9.17, 15) is 0 Å². The molecule has 0 atom stereocenters. The standard InChI is InChI=1S/C19H29N5/c1-5-6-7-8-9-14-21-18-10-12-19(13-11-18)23-22-17(2)24(4)16-15-20-3/h5,10-13,15-16,20-21H,1-2,6-9,14H2,3-4H3/p+1/b16-15-,23-22?. The largest absolute Gasteiger partial charge is 0.385 e. The highest BCUT2D eigenvalue weighted by atomic mass is 15.3. The van der Waals surface area contributed by atoms with Gasteiger partial charge in [-0.25, -0.2) is 0 Å². The van der Waals surface area contributed by atoms with E-state index in [0.29, 0.717) is 5.82 Å². The molecule has 0 aliphatic rings. The Morgan fingerprint density at radius 1 is 1.25 bits per heavy atom. The van der Waals surface area contributed by atoms with Crippen LogP contribution in [0.4, 0.5) is 11.4 Å². The van der Waals surface area contributed by atoms with Crippen LogP contribution in [0.1, 0.15) is 25.7 Å².